The SMILES string of the molecule is COC(=O)/C(C#N)=C1\NC(=O)N(c2ccc([N+](=O)[O-])cc2OC)C1=O. The molecule has 25 heavy (non-hydrogen) atoms. The van der Waals surface area contributed by atoms with Gasteiger partial charge in [-0.15, -0.1) is 0 Å². The Kier molecular flexibility index (Phi) is 4.64. The van der Waals surface area contributed by atoms with Crippen LogP contribution in [-0.4, -0.2) is 37.1 Å². The summed E-state index contributed by atoms with van der Waals surface area (Å²) in [6.07, 6.45) is 0. The highest BCUT2D eigenvalue weighted by molar-refractivity contribution is 6.29. The molecule has 0 saturated carbocycles. The highest BCUT2D eigenvalue weighted by atomic mass is 16.6. The molecule has 1 aromatic rings. The first-order valence-electron chi connectivity index (χ1n) is 6.56. The highest BCUT2D eigenvalue weighted by Crippen LogP contribution is 2.34. The molecule has 11 nitrogen and oxygen atoms in total. The molecular formula is C14H10N4O7. The Morgan fingerprint density at radius 2 is 2.04 bits per heavy atom. The Balaban J connectivity index is 2.55. The first-order chi connectivity index (χ1) is 11.8. The lowest BCUT2D eigenvalue weighted by molar-refractivity contribution is -0.384. The molecular weight excluding hydrogens is 336 g/mol. The van der Waals surface area contributed by atoms with E-state index in [-0.39, 0.29) is 17.1 Å². The quantitative estimate of drug-likeness (QED) is 0.208. The van der Waals surface area contributed by atoms with Gasteiger partial charge in [0, 0.05) is 6.07 Å². The van der Waals surface area contributed by atoms with Crippen molar-refractivity contribution < 1.29 is 28.8 Å². The van der Waals surface area contributed by atoms with Crippen molar-refractivity contribution in [2.75, 3.05) is 19.1 Å². The zero-order valence-corrected chi connectivity index (χ0v) is 12.9. The van der Waals surface area contributed by atoms with Gasteiger partial charge in [0.2, 0.25) is 0 Å². The third kappa shape index (κ3) is 2.95. The first kappa shape index (κ1) is 17.4. The van der Waals surface area contributed by atoms with Crippen molar-refractivity contribution >= 4 is 29.3 Å². The largest absolute Gasteiger partial charge is 0.494 e. The van der Waals surface area contributed by atoms with Crippen LogP contribution >= 0.6 is 0 Å². The highest BCUT2D eigenvalue weighted by Gasteiger charge is 2.40. The van der Waals surface area contributed by atoms with Crippen molar-refractivity contribution in [3.8, 4) is 11.8 Å². The van der Waals surface area contributed by atoms with Crippen LogP contribution in [0.1, 0.15) is 0 Å². The Morgan fingerprint density at radius 3 is 2.56 bits per heavy atom. The molecule has 0 aliphatic carbocycles. The zero-order chi connectivity index (χ0) is 18.7. The molecule has 1 N–H and O–H groups in total. The average Bonchev–Trinajstić information content (AvgIpc) is 2.89. The summed E-state index contributed by atoms with van der Waals surface area (Å²) in [5.41, 5.74) is -1.63. The van der Waals surface area contributed by atoms with E-state index in [0.29, 0.717) is 4.90 Å². The minimum Gasteiger partial charge on any atom is -0.494 e. The predicted octanol–water partition coefficient (Wildman–Crippen LogP) is 0.610. The van der Waals surface area contributed by atoms with Crippen LogP contribution in [0.3, 0.4) is 0 Å². The van der Waals surface area contributed by atoms with Gasteiger partial charge >= 0.3 is 12.0 Å². The molecule has 0 spiro atoms. The number of carbonyl (C=O) groups is 3. The second-order valence-corrected chi connectivity index (χ2v) is 4.54. The first-order valence-corrected chi connectivity index (χ1v) is 6.56. The number of nitriles is 1. The van der Waals surface area contributed by atoms with Gasteiger partial charge in [-0.2, -0.15) is 5.26 Å². The van der Waals surface area contributed by atoms with Crippen LogP contribution < -0.4 is 15.0 Å². The van der Waals surface area contributed by atoms with Crippen LogP contribution in [0.4, 0.5) is 16.2 Å². The molecule has 1 saturated heterocycles. The third-order valence-electron chi connectivity index (χ3n) is 3.22. The molecule has 0 unspecified atom stereocenters. The van der Waals surface area contributed by atoms with E-state index in [1.807, 2.05) is 0 Å². The van der Waals surface area contributed by atoms with E-state index in [4.69, 9.17) is 10.00 Å². The molecule has 1 heterocycles. The van der Waals surface area contributed by atoms with E-state index in [9.17, 15) is 24.5 Å². The summed E-state index contributed by atoms with van der Waals surface area (Å²) in [5.74, 6) is -2.21. The van der Waals surface area contributed by atoms with Gasteiger partial charge in [-0.1, -0.05) is 0 Å². The lowest BCUT2D eigenvalue weighted by atomic mass is 10.2. The topological polar surface area (TPSA) is 152 Å². The second kappa shape index (κ2) is 6.67. The number of carbonyl (C=O) groups excluding carboxylic acids is 3. The molecule has 0 aromatic heterocycles. The van der Waals surface area contributed by atoms with Crippen molar-refractivity contribution in [1.82, 2.24) is 5.32 Å². The van der Waals surface area contributed by atoms with Crippen LogP contribution in [0.5, 0.6) is 5.75 Å². The van der Waals surface area contributed by atoms with E-state index in [1.54, 1.807) is 0 Å². The minimum absolute atomic E-state index is 0.0900. The molecule has 1 aromatic carbocycles. The summed E-state index contributed by atoms with van der Waals surface area (Å²) in [4.78, 5) is 46.9. The Bertz CT molecular complexity index is 868. The number of non-ortho nitro benzene ring substituents is 1. The number of rotatable bonds is 4. The van der Waals surface area contributed by atoms with E-state index in [1.165, 1.54) is 13.2 Å². The number of nitro groups is 1. The van der Waals surface area contributed by atoms with E-state index < -0.39 is 34.1 Å². The number of hydrogen-bond donors (Lipinski definition) is 1. The molecule has 11 heteroatoms. The van der Waals surface area contributed by atoms with Gasteiger partial charge in [-0.3, -0.25) is 14.9 Å². The second-order valence-electron chi connectivity index (χ2n) is 4.54. The molecule has 1 aliphatic heterocycles. The van der Waals surface area contributed by atoms with E-state index in [0.717, 1.165) is 25.3 Å². The molecule has 0 atom stereocenters. The molecule has 1 aliphatic rings. The van der Waals surface area contributed by atoms with Crippen LogP contribution in [0.15, 0.2) is 29.5 Å². The average molecular weight is 346 g/mol. The van der Waals surface area contributed by atoms with Gasteiger partial charge < -0.3 is 14.8 Å². The maximum atomic E-state index is 12.5. The van der Waals surface area contributed by atoms with Gasteiger partial charge in [0.1, 0.15) is 17.5 Å². The van der Waals surface area contributed by atoms with Crippen LogP contribution in [0.2, 0.25) is 0 Å². The Hall–Kier alpha value is -3.94. The summed E-state index contributed by atoms with van der Waals surface area (Å²) in [6, 6.07) is 3.78. The Labute approximate surface area is 140 Å². The summed E-state index contributed by atoms with van der Waals surface area (Å²) in [6.45, 7) is 0. The number of nitrogens with one attached hydrogen (secondary N) is 1. The fraction of sp³-hybridized carbons (Fsp3) is 0.143. The van der Waals surface area contributed by atoms with Crippen molar-refractivity contribution in [3.05, 3.63) is 39.6 Å². The number of methoxy groups -OCH3 is 2. The maximum Gasteiger partial charge on any atom is 0.350 e. The number of amides is 3. The zero-order valence-electron chi connectivity index (χ0n) is 12.9. The standard InChI is InChI=1S/C14H10N4O7/c1-24-10-5-7(18(22)23)3-4-9(10)17-12(19)11(16-14(17)21)8(6-15)13(20)25-2/h3-5H,1-2H3,(H,16,21)/b11-8-. The maximum absolute atomic E-state index is 12.5. The summed E-state index contributed by atoms with van der Waals surface area (Å²) in [7, 11) is 2.21. The van der Waals surface area contributed by atoms with Crippen LogP contribution in [0.25, 0.3) is 0 Å². The normalized spacial score (nSPS) is 15.3. The predicted molar refractivity (Wildman–Crippen MR) is 80.3 cm³/mol. The molecule has 3 amide bonds. The molecule has 1 fully saturated rings. The number of imide groups is 1. The van der Waals surface area contributed by atoms with Gasteiger partial charge in [0.05, 0.1) is 30.9 Å². The fourth-order valence-corrected chi connectivity index (χ4v) is 2.08. The lowest BCUT2D eigenvalue weighted by Crippen LogP contribution is -2.31. The molecule has 0 radical (unpaired) electrons. The molecule has 0 bridgehead atoms. The van der Waals surface area contributed by atoms with Crippen molar-refractivity contribution in [3.63, 3.8) is 0 Å². The van der Waals surface area contributed by atoms with E-state index in [2.05, 4.69) is 10.1 Å². The van der Waals surface area contributed by atoms with Gasteiger partial charge in [-0.25, -0.2) is 14.5 Å². The van der Waals surface area contributed by atoms with Crippen molar-refractivity contribution in [1.29, 1.82) is 5.26 Å². The lowest BCUT2D eigenvalue weighted by Gasteiger charge is -2.15. The van der Waals surface area contributed by atoms with E-state index >= 15 is 0 Å². The van der Waals surface area contributed by atoms with Crippen molar-refractivity contribution in [2.24, 2.45) is 0 Å². The monoisotopic (exact) mass is 346 g/mol. The third-order valence-corrected chi connectivity index (χ3v) is 3.22. The number of hydrogen-bond acceptors (Lipinski definition) is 8. The molecule has 128 valence electrons. The minimum atomic E-state index is -1.09. The van der Waals surface area contributed by atoms with Gasteiger partial charge in [0.25, 0.3) is 11.6 Å². The fourth-order valence-electron chi connectivity index (χ4n) is 2.08. The Morgan fingerprint density at radius 1 is 1.36 bits per heavy atom. The summed E-state index contributed by atoms with van der Waals surface area (Å²) >= 11 is 0. The van der Waals surface area contributed by atoms with Crippen LogP contribution in [0, 0.1) is 21.4 Å². The number of esters is 1. The van der Waals surface area contributed by atoms with Gasteiger partial charge in [-0.05, 0) is 6.07 Å². The smallest absolute Gasteiger partial charge is 0.350 e. The van der Waals surface area contributed by atoms with Crippen LogP contribution in [-0.2, 0) is 14.3 Å². The summed E-state index contributed by atoms with van der Waals surface area (Å²) in [5, 5.41) is 21.9. The number of ether oxygens (including phenoxy) is 2. The number of benzene rings is 1. The number of urea groups is 1. The number of nitro benzene ring substituents is 1. The molecule has 2 rings (SSSR count). The van der Waals surface area contributed by atoms with Crippen molar-refractivity contribution in [2.45, 2.75) is 0 Å². The van der Waals surface area contributed by atoms with Gasteiger partial charge in [0.15, 0.2) is 5.57 Å². The number of anilines is 1. The number of nitrogens with zero attached hydrogens (tertiary/aromatic N) is 3. The summed E-state index contributed by atoms with van der Waals surface area (Å²) < 4.78 is 9.37.